The predicted molar refractivity (Wildman–Crippen MR) is 110 cm³/mol. The number of carbonyl (C=O) groups is 1. The van der Waals surface area contributed by atoms with E-state index in [0.29, 0.717) is 18.0 Å². The van der Waals surface area contributed by atoms with Gasteiger partial charge < -0.3 is 4.74 Å². The van der Waals surface area contributed by atoms with E-state index in [1.54, 1.807) is 30.6 Å². The average Bonchev–Trinajstić information content (AvgIpc) is 2.64. The summed E-state index contributed by atoms with van der Waals surface area (Å²) >= 11 is 0. The molecule has 2 unspecified atom stereocenters. The van der Waals surface area contributed by atoms with Crippen LogP contribution in [-0.4, -0.2) is 39.3 Å². The molecule has 0 saturated carbocycles. The molecule has 0 N–H and O–H groups in total. The zero-order chi connectivity index (χ0) is 21.0. The Kier molecular flexibility index (Phi) is 6.63. The summed E-state index contributed by atoms with van der Waals surface area (Å²) in [5, 5.41) is 0. The molecule has 1 aliphatic heterocycles. The molecule has 1 aromatic carbocycles. The molecule has 156 valence electrons. The van der Waals surface area contributed by atoms with Gasteiger partial charge in [0.25, 0.3) is 0 Å². The monoisotopic (exact) mass is 399 g/mol. The van der Waals surface area contributed by atoms with Crippen LogP contribution < -0.4 is 4.74 Å². The minimum atomic E-state index is -0.343. The van der Waals surface area contributed by atoms with Gasteiger partial charge in [-0.25, -0.2) is 9.37 Å². The SMILES string of the molecule is CC1CN(Cc2nccnc2OC(C)(C)C)CCC1C(=O)Cc1ccccc1F. The fourth-order valence-electron chi connectivity index (χ4n) is 3.86. The molecule has 2 heterocycles. The highest BCUT2D eigenvalue weighted by Crippen LogP contribution is 2.28. The molecular weight excluding hydrogens is 369 g/mol. The first kappa shape index (κ1) is 21.4. The van der Waals surface area contributed by atoms with E-state index in [-0.39, 0.29) is 35.5 Å². The molecule has 0 spiro atoms. The molecule has 29 heavy (non-hydrogen) atoms. The quantitative estimate of drug-likeness (QED) is 0.733. The summed E-state index contributed by atoms with van der Waals surface area (Å²) in [5.74, 6) is 0.536. The molecule has 1 aromatic heterocycles. The van der Waals surface area contributed by atoms with Crippen molar-refractivity contribution in [2.75, 3.05) is 13.1 Å². The van der Waals surface area contributed by atoms with E-state index in [1.165, 1.54) is 6.07 Å². The van der Waals surface area contributed by atoms with Crippen LogP contribution in [-0.2, 0) is 17.8 Å². The van der Waals surface area contributed by atoms with Crippen molar-refractivity contribution in [1.29, 1.82) is 0 Å². The lowest BCUT2D eigenvalue weighted by Crippen LogP contribution is -2.42. The first-order chi connectivity index (χ1) is 13.7. The second-order valence-electron chi connectivity index (χ2n) is 8.86. The van der Waals surface area contributed by atoms with Gasteiger partial charge in [0, 0.05) is 37.8 Å². The van der Waals surface area contributed by atoms with Crippen LogP contribution in [0.4, 0.5) is 4.39 Å². The summed E-state index contributed by atoms with van der Waals surface area (Å²) in [6, 6.07) is 6.52. The van der Waals surface area contributed by atoms with Crippen LogP contribution >= 0.6 is 0 Å². The topological polar surface area (TPSA) is 55.3 Å². The van der Waals surface area contributed by atoms with Gasteiger partial charge in [0.1, 0.15) is 22.9 Å². The molecule has 5 nitrogen and oxygen atoms in total. The Morgan fingerprint density at radius 1 is 1.24 bits per heavy atom. The lowest BCUT2D eigenvalue weighted by Gasteiger charge is -2.36. The maximum atomic E-state index is 13.9. The Labute approximate surface area is 172 Å². The summed E-state index contributed by atoms with van der Waals surface area (Å²) in [5.41, 5.74) is 0.950. The second kappa shape index (κ2) is 8.99. The summed E-state index contributed by atoms with van der Waals surface area (Å²) in [6.45, 7) is 10.3. The number of hydrogen-bond donors (Lipinski definition) is 0. The van der Waals surface area contributed by atoms with Crippen LogP contribution in [0.1, 0.15) is 45.4 Å². The highest BCUT2D eigenvalue weighted by molar-refractivity contribution is 5.83. The van der Waals surface area contributed by atoms with Gasteiger partial charge in [-0.2, -0.15) is 0 Å². The molecule has 1 aliphatic rings. The van der Waals surface area contributed by atoms with Crippen LogP contribution in [0.15, 0.2) is 36.7 Å². The van der Waals surface area contributed by atoms with Crippen molar-refractivity contribution < 1.29 is 13.9 Å². The number of aromatic nitrogens is 2. The lowest BCUT2D eigenvalue weighted by atomic mass is 9.81. The standard InChI is InChI=1S/C23H30FN3O2/c1-16-14-27(15-20-22(26-11-10-25-20)29-23(2,3)4)12-9-18(16)21(28)13-17-7-5-6-8-19(17)24/h5-8,10-11,16,18H,9,12-15H2,1-4H3. The van der Waals surface area contributed by atoms with Crippen molar-refractivity contribution >= 4 is 5.78 Å². The maximum absolute atomic E-state index is 13.9. The molecule has 1 fully saturated rings. The third-order valence-electron chi connectivity index (χ3n) is 5.24. The van der Waals surface area contributed by atoms with Crippen molar-refractivity contribution in [3.8, 4) is 5.88 Å². The first-order valence-corrected chi connectivity index (χ1v) is 10.2. The number of carbonyl (C=O) groups excluding carboxylic acids is 1. The average molecular weight is 400 g/mol. The van der Waals surface area contributed by atoms with E-state index < -0.39 is 0 Å². The molecule has 2 atom stereocenters. The van der Waals surface area contributed by atoms with E-state index in [0.717, 1.165) is 25.2 Å². The Hall–Kier alpha value is -2.34. The lowest BCUT2D eigenvalue weighted by molar-refractivity contribution is -0.125. The summed E-state index contributed by atoms with van der Waals surface area (Å²) in [4.78, 5) is 23.9. The molecular formula is C23H30FN3O2. The maximum Gasteiger partial charge on any atom is 0.237 e. The Morgan fingerprint density at radius 3 is 2.66 bits per heavy atom. The normalized spacial score (nSPS) is 20.4. The van der Waals surface area contributed by atoms with E-state index in [2.05, 4.69) is 21.8 Å². The van der Waals surface area contributed by atoms with Gasteiger partial charge in [0.15, 0.2) is 0 Å². The number of ether oxygens (including phenoxy) is 1. The molecule has 1 saturated heterocycles. The fraction of sp³-hybridized carbons (Fsp3) is 0.522. The smallest absolute Gasteiger partial charge is 0.237 e. The Morgan fingerprint density at radius 2 is 1.97 bits per heavy atom. The molecule has 0 bridgehead atoms. The number of benzene rings is 1. The van der Waals surface area contributed by atoms with Crippen LogP contribution in [0, 0.1) is 17.7 Å². The summed E-state index contributed by atoms with van der Waals surface area (Å²) in [7, 11) is 0. The van der Waals surface area contributed by atoms with Crippen LogP contribution in [0.5, 0.6) is 5.88 Å². The minimum absolute atomic E-state index is 0.0435. The third kappa shape index (κ3) is 5.82. The first-order valence-electron chi connectivity index (χ1n) is 10.2. The van der Waals surface area contributed by atoms with Gasteiger partial charge in [-0.3, -0.25) is 14.7 Å². The third-order valence-corrected chi connectivity index (χ3v) is 5.24. The highest BCUT2D eigenvalue weighted by Gasteiger charge is 2.32. The van der Waals surface area contributed by atoms with Gasteiger partial charge in [0.05, 0.1) is 0 Å². The van der Waals surface area contributed by atoms with Crippen molar-refractivity contribution in [3.05, 3.63) is 53.7 Å². The zero-order valence-electron chi connectivity index (χ0n) is 17.7. The van der Waals surface area contributed by atoms with Gasteiger partial charge in [-0.15, -0.1) is 0 Å². The molecule has 3 rings (SSSR count). The molecule has 0 radical (unpaired) electrons. The van der Waals surface area contributed by atoms with E-state index >= 15 is 0 Å². The number of likely N-dealkylation sites (tertiary alicyclic amines) is 1. The van der Waals surface area contributed by atoms with Crippen molar-refractivity contribution in [2.24, 2.45) is 11.8 Å². The van der Waals surface area contributed by atoms with Crippen molar-refractivity contribution in [1.82, 2.24) is 14.9 Å². The van der Waals surface area contributed by atoms with Crippen LogP contribution in [0.3, 0.4) is 0 Å². The molecule has 0 amide bonds. The number of ketones is 1. The number of Topliss-reactive ketones (excluding diaryl/α,β-unsaturated/α-hetero) is 1. The number of halogens is 1. The molecule has 2 aromatic rings. The van der Waals surface area contributed by atoms with Crippen LogP contribution in [0.2, 0.25) is 0 Å². The van der Waals surface area contributed by atoms with Crippen molar-refractivity contribution in [3.63, 3.8) is 0 Å². The minimum Gasteiger partial charge on any atom is -0.471 e. The number of nitrogens with zero attached hydrogens (tertiary/aromatic N) is 3. The fourth-order valence-corrected chi connectivity index (χ4v) is 3.86. The van der Waals surface area contributed by atoms with Crippen molar-refractivity contribution in [2.45, 2.75) is 52.7 Å². The number of piperidine rings is 1. The Bertz CT molecular complexity index is 850. The largest absolute Gasteiger partial charge is 0.471 e. The molecule has 6 heteroatoms. The van der Waals surface area contributed by atoms with E-state index in [4.69, 9.17) is 4.74 Å². The van der Waals surface area contributed by atoms with Gasteiger partial charge in [0.2, 0.25) is 5.88 Å². The summed E-state index contributed by atoms with van der Waals surface area (Å²) in [6.07, 6.45) is 4.25. The van der Waals surface area contributed by atoms with Crippen LogP contribution in [0.25, 0.3) is 0 Å². The highest BCUT2D eigenvalue weighted by atomic mass is 19.1. The Balaban J connectivity index is 1.61. The van der Waals surface area contributed by atoms with E-state index in [9.17, 15) is 9.18 Å². The second-order valence-corrected chi connectivity index (χ2v) is 8.86. The number of rotatable bonds is 6. The molecule has 0 aliphatic carbocycles. The predicted octanol–water partition coefficient (Wildman–Crippen LogP) is 4.06. The number of hydrogen-bond acceptors (Lipinski definition) is 5. The van der Waals surface area contributed by atoms with Gasteiger partial charge >= 0.3 is 0 Å². The summed E-state index contributed by atoms with van der Waals surface area (Å²) < 4.78 is 19.8. The van der Waals surface area contributed by atoms with Gasteiger partial charge in [-0.1, -0.05) is 25.1 Å². The zero-order valence-corrected chi connectivity index (χ0v) is 17.7. The van der Waals surface area contributed by atoms with E-state index in [1.807, 2.05) is 20.8 Å². The van der Waals surface area contributed by atoms with Gasteiger partial charge in [-0.05, 0) is 51.3 Å².